The van der Waals surface area contributed by atoms with E-state index in [1.54, 1.807) is 29.0 Å². The van der Waals surface area contributed by atoms with E-state index < -0.39 is 11.9 Å². The fourth-order valence-electron chi connectivity index (χ4n) is 3.64. The minimum absolute atomic E-state index is 0.0972. The summed E-state index contributed by atoms with van der Waals surface area (Å²) >= 11 is 0. The maximum absolute atomic E-state index is 12.7. The number of likely N-dealkylation sites (tertiary alicyclic amines) is 1. The summed E-state index contributed by atoms with van der Waals surface area (Å²) in [5.74, 6) is -0.545. The number of nitrogens with zero attached hydrogens (tertiary/aromatic N) is 2. The Kier molecular flexibility index (Phi) is 6.95. The lowest BCUT2D eigenvalue weighted by Crippen LogP contribution is -2.44. The zero-order valence-electron chi connectivity index (χ0n) is 16.7. The van der Waals surface area contributed by atoms with Gasteiger partial charge >= 0.3 is 5.97 Å². The topological polar surface area (TPSA) is 96.4 Å². The van der Waals surface area contributed by atoms with E-state index in [1.165, 1.54) is 0 Å². The van der Waals surface area contributed by atoms with Gasteiger partial charge in [0.15, 0.2) is 18.1 Å². The number of carboxylic acid groups (broad SMARTS) is 1. The first-order valence-corrected chi connectivity index (χ1v) is 10.1. The second-order valence-electron chi connectivity index (χ2n) is 7.52. The largest absolute Gasteiger partial charge is 0.493 e. The SMILES string of the molecule is COc1ccccc1OCC(=O)N(CCC(=O)N1CCCC(C(=O)O)C1)C1CC1. The van der Waals surface area contributed by atoms with Crippen LogP contribution in [0.25, 0.3) is 0 Å². The summed E-state index contributed by atoms with van der Waals surface area (Å²) in [5, 5.41) is 9.19. The molecule has 1 unspecified atom stereocenters. The van der Waals surface area contributed by atoms with Crippen LogP contribution in [-0.2, 0) is 14.4 Å². The summed E-state index contributed by atoms with van der Waals surface area (Å²) < 4.78 is 10.9. The number of para-hydroxylation sites is 2. The number of benzene rings is 1. The van der Waals surface area contributed by atoms with Gasteiger partial charge in [0.1, 0.15) is 0 Å². The van der Waals surface area contributed by atoms with E-state index in [0.29, 0.717) is 37.4 Å². The molecular weight excluding hydrogens is 376 g/mol. The number of hydrogen-bond acceptors (Lipinski definition) is 5. The van der Waals surface area contributed by atoms with Gasteiger partial charge in [0.2, 0.25) is 5.91 Å². The lowest BCUT2D eigenvalue weighted by Gasteiger charge is -2.31. The molecule has 0 bridgehead atoms. The van der Waals surface area contributed by atoms with Gasteiger partial charge in [0, 0.05) is 32.1 Å². The molecule has 2 amide bonds. The molecule has 8 heteroatoms. The molecule has 0 radical (unpaired) electrons. The second kappa shape index (κ2) is 9.62. The number of methoxy groups -OCH3 is 1. The summed E-state index contributed by atoms with van der Waals surface area (Å²) in [4.78, 5) is 39.8. The molecular formula is C21H28N2O6. The van der Waals surface area contributed by atoms with Crippen LogP contribution < -0.4 is 9.47 Å². The van der Waals surface area contributed by atoms with Crippen LogP contribution in [0.4, 0.5) is 0 Å². The van der Waals surface area contributed by atoms with Crippen LogP contribution in [0.3, 0.4) is 0 Å². The summed E-state index contributed by atoms with van der Waals surface area (Å²) in [5.41, 5.74) is 0. The Morgan fingerprint density at radius 2 is 1.90 bits per heavy atom. The highest BCUT2D eigenvalue weighted by Gasteiger charge is 2.34. The first-order chi connectivity index (χ1) is 14.0. The van der Waals surface area contributed by atoms with Crippen molar-refractivity contribution in [3.8, 4) is 11.5 Å². The van der Waals surface area contributed by atoms with E-state index in [-0.39, 0.29) is 37.4 Å². The second-order valence-corrected chi connectivity index (χ2v) is 7.52. The molecule has 1 saturated heterocycles. The lowest BCUT2D eigenvalue weighted by molar-refractivity contribution is -0.145. The minimum Gasteiger partial charge on any atom is -0.493 e. The molecule has 1 aliphatic heterocycles. The number of amides is 2. The number of ether oxygens (including phenoxy) is 2. The average Bonchev–Trinajstić information content (AvgIpc) is 3.57. The van der Waals surface area contributed by atoms with Crippen molar-refractivity contribution in [2.75, 3.05) is 33.4 Å². The zero-order valence-corrected chi connectivity index (χ0v) is 16.7. The standard InChI is InChI=1S/C21H28N2O6/c1-28-17-6-2-3-7-18(17)29-14-20(25)23(16-8-9-16)12-10-19(24)22-11-4-5-15(13-22)21(26)27/h2-3,6-7,15-16H,4-5,8-14H2,1H3,(H,26,27). The first-order valence-electron chi connectivity index (χ1n) is 10.1. The summed E-state index contributed by atoms with van der Waals surface area (Å²) in [7, 11) is 1.54. The maximum Gasteiger partial charge on any atom is 0.308 e. The van der Waals surface area contributed by atoms with E-state index in [4.69, 9.17) is 9.47 Å². The van der Waals surface area contributed by atoms with Crippen molar-refractivity contribution in [1.82, 2.24) is 9.80 Å². The molecule has 1 saturated carbocycles. The summed E-state index contributed by atoms with van der Waals surface area (Å²) in [6.07, 6.45) is 3.36. The first kappa shape index (κ1) is 21.0. The number of carboxylic acids is 1. The van der Waals surface area contributed by atoms with Crippen molar-refractivity contribution >= 4 is 17.8 Å². The Morgan fingerprint density at radius 1 is 1.17 bits per heavy atom. The van der Waals surface area contributed by atoms with Crippen LogP contribution in [0.2, 0.25) is 0 Å². The molecule has 0 spiro atoms. The van der Waals surface area contributed by atoms with Gasteiger partial charge < -0.3 is 24.4 Å². The summed E-state index contributed by atoms with van der Waals surface area (Å²) in [6.45, 7) is 1.04. The molecule has 2 aliphatic rings. The average molecular weight is 404 g/mol. The molecule has 1 atom stereocenters. The number of carbonyl (C=O) groups is 3. The Morgan fingerprint density at radius 3 is 2.55 bits per heavy atom. The van der Waals surface area contributed by atoms with E-state index in [0.717, 1.165) is 12.8 Å². The van der Waals surface area contributed by atoms with Crippen LogP contribution >= 0.6 is 0 Å². The van der Waals surface area contributed by atoms with Crippen molar-refractivity contribution in [3.63, 3.8) is 0 Å². The third-order valence-electron chi connectivity index (χ3n) is 5.42. The van der Waals surface area contributed by atoms with Crippen LogP contribution in [0, 0.1) is 5.92 Å². The Bertz CT molecular complexity index is 748. The molecule has 1 aromatic carbocycles. The van der Waals surface area contributed by atoms with Gasteiger partial charge in [-0.05, 0) is 37.8 Å². The highest BCUT2D eigenvalue weighted by atomic mass is 16.5. The van der Waals surface area contributed by atoms with E-state index in [2.05, 4.69) is 0 Å². The highest BCUT2D eigenvalue weighted by molar-refractivity contribution is 5.81. The number of piperidine rings is 1. The van der Waals surface area contributed by atoms with Gasteiger partial charge in [-0.2, -0.15) is 0 Å². The molecule has 8 nitrogen and oxygen atoms in total. The number of rotatable bonds is 9. The third-order valence-corrected chi connectivity index (χ3v) is 5.42. The predicted molar refractivity (Wildman–Crippen MR) is 105 cm³/mol. The lowest BCUT2D eigenvalue weighted by atomic mass is 9.98. The molecule has 1 heterocycles. The normalized spacial score (nSPS) is 18.8. The number of carbonyl (C=O) groups excluding carboxylic acids is 2. The highest BCUT2D eigenvalue weighted by Crippen LogP contribution is 2.29. The molecule has 158 valence electrons. The van der Waals surface area contributed by atoms with Crippen LogP contribution in [0.1, 0.15) is 32.1 Å². The molecule has 2 fully saturated rings. The van der Waals surface area contributed by atoms with Crippen LogP contribution in [0.5, 0.6) is 11.5 Å². The Hall–Kier alpha value is -2.77. The number of hydrogen-bond donors (Lipinski definition) is 1. The molecule has 1 aromatic rings. The predicted octanol–water partition coefficient (Wildman–Crippen LogP) is 1.78. The molecule has 29 heavy (non-hydrogen) atoms. The molecule has 1 N–H and O–H groups in total. The van der Waals surface area contributed by atoms with Crippen LogP contribution in [0.15, 0.2) is 24.3 Å². The van der Waals surface area contributed by atoms with E-state index >= 15 is 0 Å². The van der Waals surface area contributed by atoms with Gasteiger partial charge in [0.25, 0.3) is 5.91 Å². The quantitative estimate of drug-likeness (QED) is 0.674. The maximum atomic E-state index is 12.7. The third kappa shape index (κ3) is 5.62. The minimum atomic E-state index is -0.856. The Balaban J connectivity index is 1.51. The smallest absolute Gasteiger partial charge is 0.308 e. The van der Waals surface area contributed by atoms with Gasteiger partial charge in [-0.25, -0.2) is 0 Å². The fourth-order valence-corrected chi connectivity index (χ4v) is 3.64. The molecule has 0 aromatic heterocycles. The van der Waals surface area contributed by atoms with E-state index in [9.17, 15) is 19.5 Å². The zero-order chi connectivity index (χ0) is 20.8. The monoisotopic (exact) mass is 404 g/mol. The van der Waals surface area contributed by atoms with Crippen molar-refractivity contribution in [1.29, 1.82) is 0 Å². The van der Waals surface area contributed by atoms with E-state index in [1.807, 2.05) is 12.1 Å². The van der Waals surface area contributed by atoms with Crippen molar-refractivity contribution in [2.45, 2.75) is 38.1 Å². The number of aliphatic carboxylic acids is 1. The van der Waals surface area contributed by atoms with Crippen molar-refractivity contribution in [2.24, 2.45) is 5.92 Å². The van der Waals surface area contributed by atoms with Gasteiger partial charge in [-0.3, -0.25) is 14.4 Å². The van der Waals surface area contributed by atoms with Crippen molar-refractivity contribution < 1.29 is 29.0 Å². The van der Waals surface area contributed by atoms with Crippen molar-refractivity contribution in [3.05, 3.63) is 24.3 Å². The van der Waals surface area contributed by atoms with Gasteiger partial charge in [-0.15, -0.1) is 0 Å². The molecule has 3 rings (SSSR count). The Labute approximate surface area is 170 Å². The van der Waals surface area contributed by atoms with Gasteiger partial charge in [0.05, 0.1) is 13.0 Å². The van der Waals surface area contributed by atoms with Gasteiger partial charge in [-0.1, -0.05) is 12.1 Å². The molecule has 1 aliphatic carbocycles. The summed E-state index contributed by atoms with van der Waals surface area (Å²) in [6, 6.07) is 7.30. The van der Waals surface area contributed by atoms with Crippen LogP contribution in [-0.4, -0.2) is 72.1 Å². The fraction of sp³-hybridized carbons (Fsp3) is 0.571.